The fourth-order valence-corrected chi connectivity index (χ4v) is 2.60. The lowest BCUT2D eigenvalue weighted by Gasteiger charge is -2.27. The lowest BCUT2D eigenvalue weighted by molar-refractivity contribution is -0.385. The summed E-state index contributed by atoms with van der Waals surface area (Å²) in [5.41, 5.74) is -0.252. The Morgan fingerprint density at radius 2 is 2.13 bits per heavy atom. The van der Waals surface area contributed by atoms with Crippen LogP contribution in [0.4, 0.5) is 10.1 Å². The predicted molar refractivity (Wildman–Crippen MR) is 81.2 cm³/mol. The van der Waals surface area contributed by atoms with E-state index in [0.717, 1.165) is 37.5 Å². The van der Waals surface area contributed by atoms with Gasteiger partial charge in [0.2, 0.25) is 0 Å². The Kier molecular flexibility index (Phi) is 5.81. The summed E-state index contributed by atoms with van der Waals surface area (Å²) in [7, 11) is 1.63. The molecule has 1 aromatic carbocycles. The van der Waals surface area contributed by atoms with Gasteiger partial charge in [-0.3, -0.25) is 10.1 Å². The van der Waals surface area contributed by atoms with Crippen molar-refractivity contribution in [3.05, 3.63) is 45.8 Å². The standard InChI is InChI=1S/C16H18FNO5/c1-22-13-3-2-4-14(10-13)23-16(19)8-6-11-5-7-12(17)9-15(11)18(20)21/h5-9,13-14H,2-4,10H2,1H3. The second-order valence-corrected chi connectivity index (χ2v) is 5.38. The van der Waals surface area contributed by atoms with Crippen LogP contribution in [-0.2, 0) is 14.3 Å². The molecule has 1 saturated carbocycles. The van der Waals surface area contributed by atoms with Crippen LogP contribution < -0.4 is 0 Å². The Morgan fingerprint density at radius 3 is 2.83 bits per heavy atom. The molecule has 1 fully saturated rings. The number of ether oxygens (including phenoxy) is 2. The van der Waals surface area contributed by atoms with Gasteiger partial charge in [0, 0.05) is 19.6 Å². The molecule has 0 bridgehead atoms. The predicted octanol–water partition coefficient (Wildman–Crippen LogP) is 3.25. The minimum atomic E-state index is -0.704. The smallest absolute Gasteiger partial charge is 0.331 e. The molecule has 0 amide bonds. The van der Waals surface area contributed by atoms with Crippen molar-refractivity contribution in [1.82, 2.24) is 0 Å². The topological polar surface area (TPSA) is 78.7 Å². The van der Waals surface area contributed by atoms with E-state index in [2.05, 4.69) is 0 Å². The van der Waals surface area contributed by atoms with Gasteiger partial charge in [0.1, 0.15) is 11.9 Å². The van der Waals surface area contributed by atoms with Crippen LogP contribution in [0.2, 0.25) is 0 Å². The first kappa shape index (κ1) is 17.1. The summed E-state index contributed by atoms with van der Waals surface area (Å²) >= 11 is 0. The second kappa shape index (κ2) is 7.82. The first-order valence-electron chi connectivity index (χ1n) is 7.35. The quantitative estimate of drug-likeness (QED) is 0.360. The van der Waals surface area contributed by atoms with Crippen LogP contribution in [0.1, 0.15) is 31.2 Å². The number of benzene rings is 1. The van der Waals surface area contributed by atoms with Crippen LogP contribution in [0.15, 0.2) is 24.3 Å². The van der Waals surface area contributed by atoms with Gasteiger partial charge in [0.25, 0.3) is 5.69 Å². The Hall–Kier alpha value is -2.28. The Bertz CT molecular complexity index is 616. The lowest BCUT2D eigenvalue weighted by atomic mass is 9.95. The zero-order valence-electron chi connectivity index (χ0n) is 12.7. The molecule has 1 aliphatic carbocycles. The third kappa shape index (κ3) is 4.85. The SMILES string of the molecule is COC1CCCC(OC(=O)C=Cc2ccc(F)cc2[N+](=O)[O-])C1. The largest absolute Gasteiger partial charge is 0.459 e. The van der Waals surface area contributed by atoms with E-state index in [4.69, 9.17) is 9.47 Å². The first-order valence-corrected chi connectivity index (χ1v) is 7.35. The molecule has 1 aliphatic rings. The summed E-state index contributed by atoms with van der Waals surface area (Å²) in [4.78, 5) is 22.0. The summed E-state index contributed by atoms with van der Waals surface area (Å²) in [6, 6.07) is 3.16. The van der Waals surface area contributed by atoms with E-state index in [0.29, 0.717) is 6.42 Å². The van der Waals surface area contributed by atoms with Gasteiger partial charge >= 0.3 is 5.97 Å². The molecule has 2 unspecified atom stereocenters. The van der Waals surface area contributed by atoms with E-state index in [-0.39, 0.29) is 17.8 Å². The molecule has 0 spiro atoms. The number of carbonyl (C=O) groups is 1. The van der Waals surface area contributed by atoms with Crippen molar-refractivity contribution in [3.63, 3.8) is 0 Å². The number of nitrogens with zero attached hydrogens (tertiary/aromatic N) is 1. The molecule has 6 nitrogen and oxygen atoms in total. The van der Waals surface area contributed by atoms with E-state index in [9.17, 15) is 19.3 Å². The van der Waals surface area contributed by atoms with E-state index in [1.807, 2.05) is 0 Å². The van der Waals surface area contributed by atoms with Crippen molar-refractivity contribution in [3.8, 4) is 0 Å². The number of nitro groups is 1. The first-order chi connectivity index (χ1) is 11.0. The van der Waals surface area contributed by atoms with Gasteiger partial charge in [-0.05, 0) is 37.5 Å². The van der Waals surface area contributed by atoms with Crippen LogP contribution >= 0.6 is 0 Å². The van der Waals surface area contributed by atoms with E-state index < -0.39 is 22.4 Å². The van der Waals surface area contributed by atoms with Crippen molar-refractivity contribution in [1.29, 1.82) is 0 Å². The average molecular weight is 323 g/mol. The van der Waals surface area contributed by atoms with Gasteiger partial charge in [-0.25, -0.2) is 9.18 Å². The molecular weight excluding hydrogens is 305 g/mol. The number of halogens is 1. The molecule has 23 heavy (non-hydrogen) atoms. The molecule has 0 N–H and O–H groups in total. The van der Waals surface area contributed by atoms with Gasteiger partial charge in [-0.15, -0.1) is 0 Å². The summed E-state index contributed by atoms with van der Waals surface area (Å²) < 4.78 is 23.6. The highest BCUT2D eigenvalue weighted by Crippen LogP contribution is 2.24. The molecule has 0 radical (unpaired) electrons. The van der Waals surface area contributed by atoms with Crippen molar-refractivity contribution in [2.24, 2.45) is 0 Å². The average Bonchev–Trinajstić information content (AvgIpc) is 2.53. The van der Waals surface area contributed by atoms with Crippen LogP contribution in [0, 0.1) is 15.9 Å². The molecule has 0 saturated heterocycles. The van der Waals surface area contributed by atoms with Crippen molar-refractivity contribution in [2.45, 2.75) is 37.9 Å². The summed E-state index contributed by atoms with van der Waals surface area (Å²) in [5, 5.41) is 10.9. The molecule has 124 valence electrons. The molecule has 2 rings (SSSR count). The van der Waals surface area contributed by atoms with E-state index in [1.54, 1.807) is 7.11 Å². The van der Waals surface area contributed by atoms with Gasteiger partial charge in [-0.2, -0.15) is 0 Å². The van der Waals surface area contributed by atoms with Gasteiger partial charge in [-0.1, -0.05) is 0 Å². The van der Waals surface area contributed by atoms with Crippen molar-refractivity contribution < 1.29 is 23.6 Å². The minimum Gasteiger partial charge on any atom is -0.459 e. The monoisotopic (exact) mass is 323 g/mol. The molecule has 0 heterocycles. The molecule has 0 aliphatic heterocycles. The Balaban J connectivity index is 2.00. The summed E-state index contributed by atoms with van der Waals surface area (Å²) in [5.74, 6) is -1.28. The van der Waals surface area contributed by atoms with Crippen LogP contribution in [0.3, 0.4) is 0 Å². The fraction of sp³-hybridized carbons (Fsp3) is 0.438. The normalized spacial score (nSPS) is 21.3. The zero-order valence-corrected chi connectivity index (χ0v) is 12.7. The highest BCUT2D eigenvalue weighted by atomic mass is 19.1. The lowest BCUT2D eigenvalue weighted by Crippen LogP contribution is -2.28. The second-order valence-electron chi connectivity index (χ2n) is 5.38. The number of nitro benzene ring substituents is 1. The Labute approximate surface area is 133 Å². The van der Waals surface area contributed by atoms with Crippen LogP contribution in [0.25, 0.3) is 6.08 Å². The van der Waals surface area contributed by atoms with Gasteiger partial charge in [0.05, 0.1) is 22.7 Å². The Morgan fingerprint density at radius 1 is 1.39 bits per heavy atom. The highest BCUT2D eigenvalue weighted by Gasteiger charge is 2.24. The fourth-order valence-electron chi connectivity index (χ4n) is 2.60. The number of methoxy groups -OCH3 is 1. The maximum Gasteiger partial charge on any atom is 0.331 e. The van der Waals surface area contributed by atoms with Crippen molar-refractivity contribution >= 4 is 17.7 Å². The molecule has 2 atom stereocenters. The number of hydrogen-bond donors (Lipinski definition) is 0. The summed E-state index contributed by atoms with van der Waals surface area (Å²) in [6.07, 6.45) is 5.54. The molecule has 1 aromatic rings. The highest BCUT2D eigenvalue weighted by molar-refractivity contribution is 5.88. The summed E-state index contributed by atoms with van der Waals surface area (Å²) in [6.45, 7) is 0. The number of carbonyl (C=O) groups excluding carboxylic acids is 1. The van der Waals surface area contributed by atoms with E-state index >= 15 is 0 Å². The molecule has 0 aromatic heterocycles. The molecule has 7 heteroatoms. The van der Waals surface area contributed by atoms with Gasteiger partial charge in [0.15, 0.2) is 0 Å². The third-order valence-corrected chi connectivity index (χ3v) is 3.78. The van der Waals surface area contributed by atoms with Crippen LogP contribution in [0.5, 0.6) is 0 Å². The maximum absolute atomic E-state index is 13.1. The zero-order chi connectivity index (χ0) is 16.8. The van der Waals surface area contributed by atoms with Crippen molar-refractivity contribution in [2.75, 3.05) is 7.11 Å². The number of hydrogen-bond acceptors (Lipinski definition) is 5. The van der Waals surface area contributed by atoms with Gasteiger partial charge < -0.3 is 9.47 Å². The number of rotatable bonds is 5. The maximum atomic E-state index is 13.1. The minimum absolute atomic E-state index is 0.0868. The third-order valence-electron chi connectivity index (χ3n) is 3.78. The van der Waals surface area contributed by atoms with Crippen LogP contribution in [-0.4, -0.2) is 30.2 Å². The van der Waals surface area contributed by atoms with E-state index in [1.165, 1.54) is 12.1 Å². The molecular formula is C16H18FNO5. The number of esters is 1.